The second-order valence-electron chi connectivity index (χ2n) is 8.78. The highest BCUT2D eigenvalue weighted by molar-refractivity contribution is 7.91. The van der Waals surface area contributed by atoms with Crippen LogP contribution in [0.25, 0.3) is 0 Å². The van der Waals surface area contributed by atoms with Gasteiger partial charge >= 0.3 is 0 Å². The van der Waals surface area contributed by atoms with Gasteiger partial charge in [-0.2, -0.15) is 0 Å². The summed E-state index contributed by atoms with van der Waals surface area (Å²) in [6, 6.07) is 0. The molecule has 2 unspecified atom stereocenters. The molecule has 4 rings (SSSR count). The molecule has 0 amide bonds. The summed E-state index contributed by atoms with van der Waals surface area (Å²) >= 11 is 0. The third-order valence-corrected chi connectivity index (χ3v) is 8.20. The second kappa shape index (κ2) is 10.3. The second-order valence-corrected chi connectivity index (χ2v) is 11.1. The third-order valence-electron chi connectivity index (χ3n) is 6.59. The lowest BCUT2D eigenvalue weighted by Gasteiger charge is -2.35. The molecule has 0 spiro atoms. The summed E-state index contributed by atoms with van der Waals surface area (Å²) in [6.45, 7) is 7.58. The van der Waals surface area contributed by atoms with Crippen LogP contribution in [0.3, 0.4) is 0 Å². The van der Waals surface area contributed by atoms with Crippen LogP contribution in [0.1, 0.15) is 25.7 Å². The molecule has 9 heteroatoms. The molecule has 0 aliphatic carbocycles. The molecule has 0 bridgehead atoms. The molecule has 168 valence electrons. The van der Waals surface area contributed by atoms with Gasteiger partial charge in [-0.3, -0.25) is 0 Å². The van der Waals surface area contributed by atoms with Crippen molar-refractivity contribution in [2.24, 2.45) is 11.8 Å². The van der Waals surface area contributed by atoms with Crippen molar-refractivity contribution in [1.29, 1.82) is 0 Å². The van der Waals surface area contributed by atoms with Crippen LogP contribution in [0.4, 0.5) is 0 Å². The van der Waals surface area contributed by atoms with E-state index in [2.05, 4.69) is 9.80 Å². The summed E-state index contributed by atoms with van der Waals surface area (Å²) in [5.41, 5.74) is 0. The van der Waals surface area contributed by atoms with Crippen LogP contribution >= 0.6 is 0 Å². The van der Waals surface area contributed by atoms with Crippen molar-refractivity contribution in [2.75, 3.05) is 77.2 Å². The maximum atomic E-state index is 12.6. The van der Waals surface area contributed by atoms with Crippen molar-refractivity contribution in [3.8, 4) is 0 Å². The van der Waals surface area contributed by atoms with Gasteiger partial charge in [0.05, 0.1) is 37.9 Å². The Balaban J connectivity index is 1.18. The molecule has 4 aliphatic heterocycles. The van der Waals surface area contributed by atoms with E-state index >= 15 is 0 Å². The Labute approximate surface area is 174 Å². The molecule has 0 aromatic rings. The minimum atomic E-state index is -3.06. The molecular weight excluding hydrogens is 396 g/mol. The Morgan fingerprint density at radius 3 is 1.52 bits per heavy atom. The monoisotopic (exact) mass is 432 g/mol. The predicted molar refractivity (Wildman–Crippen MR) is 108 cm³/mol. The van der Waals surface area contributed by atoms with Crippen molar-refractivity contribution >= 4 is 9.84 Å². The number of ether oxygens (including phenoxy) is 4. The molecule has 0 aromatic heterocycles. The first-order chi connectivity index (χ1) is 14.1. The lowest BCUT2D eigenvalue weighted by atomic mass is 9.97. The van der Waals surface area contributed by atoms with Gasteiger partial charge in [-0.1, -0.05) is 0 Å². The van der Waals surface area contributed by atoms with Gasteiger partial charge in [-0.15, -0.1) is 0 Å². The first-order valence-corrected chi connectivity index (χ1v) is 13.0. The lowest BCUT2D eigenvalue weighted by molar-refractivity contribution is -0.0996. The standard InChI is InChI=1S/C20H36N2O6S/c23-29(24,13-7-21-5-1-3-17(15-21)19-25-9-10-26-19)14-8-22-6-2-4-18(16-22)20-27-11-12-28-20/h17-20H,1-16H2. The van der Waals surface area contributed by atoms with Crippen LogP contribution in [-0.2, 0) is 28.8 Å². The molecule has 0 aromatic carbocycles. The van der Waals surface area contributed by atoms with Crippen LogP contribution < -0.4 is 0 Å². The zero-order chi connectivity index (χ0) is 20.1. The largest absolute Gasteiger partial charge is 0.350 e. The summed E-state index contributed by atoms with van der Waals surface area (Å²) < 4.78 is 47.9. The summed E-state index contributed by atoms with van der Waals surface area (Å²) in [5, 5.41) is 0. The van der Waals surface area contributed by atoms with Gasteiger partial charge in [0.15, 0.2) is 22.4 Å². The Kier molecular flexibility index (Phi) is 7.82. The van der Waals surface area contributed by atoms with Crippen LogP contribution in [0.5, 0.6) is 0 Å². The van der Waals surface area contributed by atoms with E-state index in [1.165, 1.54) is 0 Å². The summed E-state index contributed by atoms with van der Waals surface area (Å²) in [5.74, 6) is 1.19. The fraction of sp³-hybridized carbons (Fsp3) is 1.00. The number of sulfone groups is 1. The van der Waals surface area contributed by atoms with E-state index in [-0.39, 0.29) is 24.1 Å². The molecule has 0 radical (unpaired) electrons. The Morgan fingerprint density at radius 2 is 1.10 bits per heavy atom. The van der Waals surface area contributed by atoms with Gasteiger partial charge < -0.3 is 28.7 Å². The van der Waals surface area contributed by atoms with E-state index in [0.29, 0.717) is 51.4 Å². The molecule has 4 fully saturated rings. The number of hydrogen-bond acceptors (Lipinski definition) is 8. The Bertz CT molecular complexity index is 560. The summed E-state index contributed by atoms with van der Waals surface area (Å²) in [4.78, 5) is 4.53. The first kappa shape index (κ1) is 21.9. The van der Waals surface area contributed by atoms with Gasteiger partial charge in [0.25, 0.3) is 0 Å². The van der Waals surface area contributed by atoms with Crippen LogP contribution in [-0.4, -0.2) is 108 Å². The molecule has 2 atom stereocenters. The van der Waals surface area contributed by atoms with Crippen LogP contribution in [0.15, 0.2) is 0 Å². The highest BCUT2D eigenvalue weighted by atomic mass is 32.2. The van der Waals surface area contributed by atoms with Crippen molar-refractivity contribution in [3.63, 3.8) is 0 Å². The molecule has 4 aliphatic rings. The Morgan fingerprint density at radius 1 is 0.690 bits per heavy atom. The Hall–Kier alpha value is -0.290. The summed E-state index contributed by atoms with van der Waals surface area (Å²) in [6.07, 6.45) is 4.14. The molecule has 0 saturated carbocycles. The molecule has 29 heavy (non-hydrogen) atoms. The van der Waals surface area contributed by atoms with E-state index in [1.54, 1.807) is 0 Å². The van der Waals surface area contributed by atoms with Gasteiger partial charge in [-0.25, -0.2) is 8.42 Å². The summed E-state index contributed by atoms with van der Waals surface area (Å²) in [7, 11) is -3.06. The van der Waals surface area contributed by atoms with Crippen molar-refractivity contribution < 1.29 is 27.4 Å². The number of nitrogens with zero attached hydrogens (tertiary/aromatic N) is 2. The smallest absolute Gasteiger partial charge is 0.161 e. The average Bonchev–Trinajstić information content (AvgIpc) is 3.46. The van der Waals surface area contributed by atoms with Crippen LogP contribution in [0, 0.1) is 11.8 Å². The van der Waals surface area contributed by atoms with Crippen molar-refractivity contribution in [3.05, 3.63) is 0 Å². The number of hydrogen-bond donors (Lipinski definition) is 0. The highest BCUT2D eigenvalue weighted by Gasteiger charge is 2.33. The van der Waals surface area contributed by atoms with E-state index in [1.807, 2.05) is 0 Å². The first-order valence-electron chi connectivity index (χ1n) is 11.2. The molecule has 0 N–H and O–H groups in total. The number of likely N-dealkylation sites (tertiary alicyclic amines) is 2. The predicted octanol–water partition coefficient (Wildman–Crippen LogP) is 0.571. The van der Waals surface area contributed by atoms with Crippen molar-refractivity contribution in [1.82, 2.24) is 9.80 Å². The van der Waals surface area contributed by atoms with E-state index in [9.17, 15) is 8.42 Å². The van der Waals surface area contributed by atoms with Gasteiger partial charge in [0.2, 0.25) is 0 Å². The third kappa shape index (κ3) is 6.35. The van der Waals surface area contributed by atoms with Crippen molar-refractivity contribution in [2.45, 2.75) is 38.3 Å². The maximum absolute atomic E-state index is 12.6. The van der Waals surface area contributed by atoms with Gasteiger partial charge in [0.1, 0.15) is 0 Å². The fourth-order valence-electron chi connectivity index (χ4n) is 4.97. The minimum absolute atomic E-state index is 0.103. The quantitative estimate of drug-likeness (QED) is 0.551. The van der Waals surface area contributed by atoms with E-state index in [4.69, 9.17) is 18.9 Å². The molecule has 4 saturated heterocycles. The topological polar surface area (TPSA) is 77.5 Å². The number of rotatable bonds is 8. The van der Waals surface area contributed by atoms with E-state index in [0.717, 1.165) is 51.9 Å². The number of piperidine rings is 2. The zero-order valence-corrected chi connectivity index (χ0v) is 18.2. The molecular formula is C20H36N2O6S. The van der Waals surface area contributed by atoms with Crippen LogP contribution in [0.2, 0.25) is 0 Å². The average molecular weight is 433 g/mol. The lowest BCUT2D eigenvalue weighted by Crippen LogP contribution is -2.44. The van der Waals surface area contributed by atoms with Gasteiger partial charge in [0, 0.05) is 38.0 Å². The van der Waals surface area contributed by atoms with E-state index < -0.39 is 9.84 Å². The highest BCUT2D eigenvalue weighted by Crippen LogP contribution is 2.26. The maximum Gasteiger partial charge on any atom is 0.161 e. The minimum Gasteiger partial charge on any atom is -0.350 e. The molecule has 4 heterocycles. The zero-order valence-electron chi connectivity index (χ0n) is 17.4. The normalized spacial score (nSPS) is 31.6. The molecule has 8 nitrogen and oxygen atoms in total. The SMILES string of the molecule is O=S(=O)(CCN1CCCC(C2OCCO2)C1)CCN1CCCC(C2OCCO2)C1. The van der Waals surface area contributed by atoms with Gasteiger partial charge in [-0.05, 0) is 38.8 Å². The fourth-order valence-corrected chi connectivity index (χ4v) is 6.25.